The van der Waals surface area contributed by atoms with E-state index in [1.807, 2.05) is 0 Å². The number of rotatable bonds is 9. The summed E-state index contributed by atoms with van der Waals surface area (Å²) in [4.78, 5) is 94.3. The zero-order chi connectivity index (χ0) is 87.2. The van der Waals surface area contributed by atoms with Crippen LogP contribution >= 0.6 is 230 Å². The molecule has 0 aromatic heterocycles. The number of nitrogens with two attached hydrogens (primary N) is 1. The first kappa shape index (κ1) is 103. The fraction of sp³-hybridized carbons (Fsp3) is 0. The van der Waals surface area contributed by atoms with Crippen LogP contribution in [0.3, 0.4) is 0 Å². The van der Waals surface area contributed by atoms with Crippen molar-refractivity contribution < 1.29 is 159 Å². The van der Waals surface area contributed by atoms with Crippen LogP contribution in [0, 0.1) is 58.2 Å². The standard InChI is InChI=1S/C7H2Br4O3.C7H2Br4O2.C7H3Br3O2.C7H4Br2O3.C7H4Cl2O2.C7H3F4NO2.C7H2F4O3.C7H4F2O2.C7H6O4/c8-2-1(7(13)14)3(9)5(11)6(12)4(2)10;8-2-1-3(9)6(11)4(5(2)10)7(12)13;2*8-3-1-2-4(9)6(10)5(3)7(11)12;8-5-3-1-2-4(6(5)9)7(10)11;2*8-2-1(7(13)14)3(9)5(11)6(12)4(2)10;2*8-5-3-1-2-4(6(5)9)7(10)11/h12H,(H,13,14);1H,(H,12,13);1-2H,(H,11,12);1-2,10H,(H,11,12);1-3H,(H,10,11);12H2,(H,13,14);12H,(H,13,14);1-3H,(H,10,11);1-3,8-9H,(H,10,11). The molecule has 0 saturated carbocycles. The third kappa shape index (κ3) is 27.7. The van der Waals surface area contributed by atoms with Gasteiger partial charge in [0.2, 0.25) is 11.6 Å². The predicted molar refractivity (Wildman–Crippen MR) is 423 cm³/mol. The van der Waals surface area contributed by atoms with Gasteiger partial charge in [0, 0.05) is 35.8 Å². The van der Waals surface area contributed by atoms with Gasteiger partial charge in [-0.1, -0.05) is 41.4 Å². The minimum atomic E-state index is -2.17. The van der Waals surface area contributed by atoms with E-state index in [9.17, 15) is 97.3 Å². The van der Waals surface area contributed by atoms with Gasteiger partial charge in [0.15, 0.2) is 63.8 Å². The van der Waals surface area contributed by atoms with Crippen LogP contribution in [0.5, 0.6) is 28.7 Å². The van der Waals surface area contributed by atoms with Crippen molar-refractivity contribution in [2.75, 3.05) is 5.73 Å². The molecule has 0 unspecified atom stereocenters. The molecule has 0 saturated heterocycles. The van der Waals surface area contributed by atoms with Gasteiger partial charge in [-0.3, -0.25) is 0 Å². The summed E-state index contributed by atoms with van der Waals surface area (Å²) in [6.07, 6.45) is 0. The van der Waals surface area contributed by atoms with E-state index in [-0.39, 0.29) is 63.9 Å². The van der Waals surface area contributed by atoms with Gasteiger partial charge >= 0.3 is 53.7 Å². The number of hydrogen-bond donors (Lipinski definition) is 15. The normalized spacial score (nSPS) is 9.97. The van der Waals surface area contributed by atoms with Crippen LogP contribution in [-0.4, -0.2) is 125 Å². The fourth-order valence-electron chi connectivity index (χ4n) is 6.72. The van der Waals surface area contributed by atoms with Crippen LogP contribution in [0.4, 0.5) is 49.6 Å². The Labute approximate surface area is 736 Å². The summed E-state index contributed by atoms with van der Waals surface area (Å²) >= 11 is 51.9. The molecule has 0 fully saturated rings. The summed E-state index contributed by atoms with van der Waals surface area (Å²) in [5.41, 5.74) is -0.826. The van der Waals surface area contributed by atoms with Crippen molar-refractivity contribution in [2.45, 2.75) is 0 Å². The number of para-hydroxylation sites is 1. The lowest BCUT2D eigenvalue weighted by molar-refractivity contribution is 0.0672. The zero-order valence-electron chi connectivity index (χ0n) is 52.5. The van der Waals surface area contributed by atoms with Gasteiger partial charge in [-0.2, -0.15) is 8.78 Å². The number of aromatic hydroxyl groups is 5. The lowest BCUT2D eigenvalue weighted by Gasteiger charge is -2.09. The number of halogens is 25. The average Bonchev–Trinajstić information content (AvgIpc) is 0.797. The van der Waals surface area contributed by atoms with Gasteiger partial charge < -0.3 is 77.2 Å². The van der Waals surface area contributed by atoms with Gasteiger partial charge in [0.05, 0.1) is 60.2 Å². The Balaban J connectivity index is 0.000000631. The van der Waals surface area contributed by atoms with Gasteiger partial charge in [-0.15, -0.1) is 0 Å². The predicted octanol–water partition coefficient (Wildman–Crippen LogP) is 23.2. The van der Waals surface area contributed by atoms with Crippen LogP contribution < -0.4 is 5.73 Å². The van der Waals surface area contributed by atoms with Crippen molar-refractivity contribution in [3.05, 3.63) is 261 Å². The molecule has 0 aliphatic heterocycles. The first-order chi connectivity index (χ1) is 51.5. The van der Waals surface area contributed by atoms with E-state index in [1.165, 1.54) is 36.4 Å². The number of carboxylic acid groups (broad SMARTS) is 9. The highest BCUT2D eigenvalue weighted by atomic mass is 79.9. The van der Waals surface area contributed by atoms with Crippen LogP contribution in [0.1, 0.15) is 93.2 Å². The third-order valence-corrected chi connectivity index (χ3v) is 24.9. The van der Waals surface area contributed by atoms with E-state index in [2.05, 4.69) is 213 Å². The van der Waals surface area contributed by atoms with Gasteiger partial charge in [0.1, 0.15) is 39.4 Å². The van der Waals surface area contributed by atoms with Gasteiger partial charge in [-0.25, -0.2) is 78.3 Å². The first-order valence-electron chi connectivity index (χ1n) is 26.9. The van der Waals surface area contributed by atoms with Crippen molar-refractivity contribution in [1.29, 1.82) is 0 Å². The molecule has 112 heavy (non-hydrogen) atoms. The molecule has 16 N–H and O–H groups in total. The molecule has 0 aliphatic carbocycles. The van der Waals surface area contributed by atoms with E-state index < -0.39 is 152 Å². The third-order valence-electron chi connectivity index (χ3n) is 11.9. The molecule has 9 aromatic carbocycles. The zero-order valence-corrected chi connectivity index (χ0v) is 74.7. The van der Waals surface area contributed by atoms with Crippen LogP contribution in [0.25, 0.3) is 0 Å². The number of anilines is 1. The molecule has 24 nitrogen and oxygen atoms in total. The second-order valence-electron chi connectivity index (χ2n) is 18.9. The molecule has 0 aliphatic rings. The lowest BCUT2D eigenvalue weighted by atomic mass is 10.1. The number of aromatic carboxylic acids is 9. The topological polar surface area (TPSA) is 463 Å². The highest BCUT2D eigenvalue weighted by molar-refractivity contribution is 9.15. The second kappa shape index (κ2) is 46.6. The van der Waals surface area contributed by atoms with E-state index in [0.717, 1.165) is 22.7 Å². The Morgan fingerprint density at radius 2 is 0.598 bits per heavy atom. The molecule has 0 radical (unpaired) electrons. The van der Waals surface area contributed by atoms with Crippen molar-refractivity contribution in [1.82, 2.24) is 0 Å². The van der Waals surface area contributed by atoms with Crippen LogP contribution in [0.2, 0.25) is 10.0 Å². The lowest BCUT2D eigenvalue weighted by Crippen LogP contribution is -2.12. The Hall–Kier alpha value is -6.87. The van der Waals surface area contributed by atoms with Crippen molar-refractivity contribution in [3.63, 3.8) is 0 Å². The molecule has 9 rings (SSSR count). The smallest absolute Gasteiger partial charge is 0.341 e. The molecule has 0 atom stereocenters. The van der Waals surface area contributed by atoms with E-state index in [4.69, 9.17) is 84.5 Å². The number of phenolic OH excluding ortho intramolecular Hbond substituents is 3. The van der Waals surface area contributed by atoms with E-state index in [0.29, 0.717) is 44.7 Å². The molecule has 0 spiro atoms. The number of benzene rings is 9. The van der Waals surface area contributed by atoms with Crippen molar-refractivity contribution >= 4 is 290 Å². The number of hydrogen-bond acceptors (Lipinski definition) is 15. The number of nitrogen functional groups attached to an aromatic ring is 1. The number of phenols is 5. The summed E-state index contributed by atoms with van der Waals surface area (Å²) < 4.78 is 132. The Kier molecular flexibility index (Phi) is 42.9. The Morgan fingerprint density at radius 1 is 0.277 bits per heavy atom. The molecular formula is C63H30Br13Cl2F10NO23. The molecule has 0 bridgehead atoms. The maximum absolute atomic E-state index is 12.7. The minimum absolute atomic E-state index is 0.0270. The second-order valence-corrected chi connectivity index (χ2v) is 30.4. The average molecular weight is 2470 g/mol. The molecule has 9 aromatic rings. The highest BCUT2D eigenvalue weighted by Gasteiger charge is 2.31. The molecular weight excluding hydrogens is 2440 g/mol. The fourth-order valence-corrected chi connectivity index (χ4v) is 14.4. The summed E-state index contributed by atoms with van der Waals surface area (Å²) in [6.45, 7) is 0. The maximum atomic E-state index is 12.7. The highest BCUT2D eigenvalue weighted by Crippen LogP contribution is 2.46. The number of carbonyl (C=O) groups is 9. The number of carboxylic acids is 9. The van der Waals surface area contributed by atoms with Gasteiger partial charge in [0.25, 0.3) is 0 Å². The first-order valence-corrected chi connectivity index (χ1v) is 37.9. The Bertz CT molecular complexity index is 4710. The van der Waals surface area contributed by atoms with Gasteiger partial charge in [-0.05, 0) is 274 Å². The molecule has 0 heterocycles. The van der Waals surface area contributed by atoms with E-state index in [1.54, 1.807) is 30.3 Å². The molecule has 49 heteroatoms. The summed E-state index contributed by atoms with van der Waals surface area (Å²) in [5.74, 6) is -34.4. The molecule has 0 amide bonds. The summed E-state index contributed by atoms with van der Waals surface area (Å²) in [7, 11) is 0. The van der Waals surface area contributed by atoms with Crippen molar-refractivity contribution in [3.8, 4) is 28.7 Å². The Morgan fingerprint density at radius 3 is 0.946 bits per heavy atom. The summed E-state index contributed by atoms with van der Waals surface area (Å²) in [6, 6.07) is 19.6. The quantitative estimate of drug-likeness (QED) is 0.0276. The SMILES string of the molecule is Nc1c(F)c(F)c(C(=O)O)c(F)c1F.O=C(O)c1c(Br)c(Br)c(O)c(Br)c1Br.O=C(O)c1c(Br)c(Br)cc(Br)c1Br.O=C(O)c1c(Br)ccc(Br)c1Br.O=C(O)c1c(Br)ccc(Br)c1O.O=C(O)c1c(F)c(F)c(O)c(F)c1F.O=C(O)c1cccc(Cl)c1Cl.O=C(O)c1cccc(F)c1F.O=C(O)c1cccc(O)c1O. The largest absolute Gasteiger partial charge is 0.506 e. The maximum Gasteiger partial charge on any atom is 0.341 e. The van der Waals surface area contributed by atoms with E-state index >= 15 is 0 Å². The van der Waals surface area contributed by atoms with Crippen molar-refractivity contribution in [2.24, 2.45) is 0 Å². The van der Waals surface area contributed by atoms with Crippen LogP contribution in [0.15, 0.2) is 143 Å². The molecule has 600 valence electrons. The summed E-state index contributed by atoms with van der Waals surface area (Å²) in [5, 5.41) is 122. The van der Waals surface area contributed by atoms with Crippen LogP contribution in [-0.2, 0) is 0 Å². The minimum Gasteiger partial charge on any atom is -0.506 e. The monoisotopic (exact) mass is 2450 g/mol.